The lowest BCUT2D eigenvalue weighted by Gasteiger charge is -2.14. The van der Waals surface area contributed by atoms with E-state index >= 15 is 0 Å². The fourth-order valence-corrected chi connectivity index (χ4v) is 3.37. The van der Waals surface area contributed by atoms with Crippen LogP contribution in [0.3, 0.4) is 0 Å². The van der Waals surface area contributed by atoms with Gasteiger partial charge in [-0.25, -0.2) is 4.52 Å². The minimum absolute atomic E-state index is 0.0410. The van der Waals surface area contributed by atoms with E-state index in [4.69, 9.17) is 5.10 Å². The van der Waals surface area contributed by atoms with Crippen LogP contribution in [0.1, 0.15) is 49.1 Å². The molecule has 0 bridgehead atoms. The largest absolute Gasteiger partial charge is 0.290 e. The van der Waals surface area contributed by atoms with Gasteiger partial charge in [-0.3, -0.25) is 9.36 Å². The van der Waals surface area contributed by atoms with Gasteiger partial charge in [-0.15, -0.1) is 5.10 Å². The van der Waals surface area contributed by atoms with Crippen molar-refractivity contribution in [3.05, 3.63) is 57.0 Å². The molecule has 0 fully saturated rings. The van der Waals surface area contributed by atoms with Crippen molar-refractivity contribution in [2.45, 2.75) is 54.0 Å². The lowest BCUT2D eigenvalue weighted by atomic mass is 10.0. The molecule has 24 heavy (non-hydrogen) atoms. The Labute approximate surface area is 142 Å². The van der Waals surface area contributed by atoms with E-state index in [1.807, 2.05) is 18.4 Å². The maximum Gasteiger partial charge on any atom is 0.278 e. The van der Waals surface area contributed by atoms with Crippen LogP contribution in [-0.4, -0.2) is 14.2 Å². The fourth-order valence-electron chi connectivity index (χ4n) is 3.37. The predicted molar refractivity (Wildman–Crippen MR) is 98.9 cm³/mol. The molecule has 4 nitrogen and oxygen atoms in total. The number of aromatic nitrogens is 3. The molecule has 0 spiro atoms. The number of rotatable bonds is 3. The van der Waals surface area contributed by atoms with Crippen molar-refractivity contribution in [2.75, 3.05) is 0 Å². The van der Waals surface area contributed by atoms with Crippen LogP contribution in [0.4, 0.5) is 0 Å². The highest BCUT2D eigenvalue weighted by Gasteiger charge is 2.19. The molecule has 0 amide bonds. The third-order valence-electron chi connectivity index (χ3n) is 4.64. The van der Waals surface area contributed by atoms with Gasteiger partial charge in [-0.2, -0.15) is 0 Å². The third kappa shape index (κ3) is 2.46. The molecule has 1 aromatic carbocycles. The van der Waals surface area contributed by atoms with E-state index in [0.717, 1.165) is 28.2 Å². The van der Waals surface area contributed by atoms with Crippen LogP contribution >= 0.6 is 0 Å². The zero-order chi connectivity index (χ0) is 17.6. The molecule has 2 aromatic heterocycles. The molecule has 126 valence electrons. The van der Waals surface area contributed by atoms with Crippen molar-refractivity contribution in [3.8, 4) is 11.4 Å². The lowest BCUT2D eigenvalue weighted by Crippen LogP contribution is -2.26. The Bertz CT molecular complexity index is 977. The van der Waals surface area contributed by atoms with E-state index in [1.54, 1.807) is 4.57 Å². The van der Waals surface area contributed by atoms with Crippen LogP contribution < -0.4 is 5.56 Å². The Morgan fingerprint density at radius 3 is 2.42 bits per heavy atom. The monoisotopic (exact) mass is 323 g/mol. The average Bonchev–Trinajstić information content (AvgIpc) is 2.85. The molecule has 0 aliphatic rings. The van der Waals surface area contributed by atoms with Crippen molar-refractivity contribution in [2.24, 2.45) is 0 Å². The number of hydrogen-bond acceptors (Lipinski definition) is 2. The molecule has 0 saturated heterocycles. The van der Waals surface area contributed by atoms with Gasteiger partial charge in [0.25, 0.3) is 5.56 Å². The number of nitrogens with zero attached hydrogens (tertiary/aromatic N) is 3. The van der Waals surface area contributed by atoms with Gasteiger partial charge in [0.1, 0.15) is 5.52 Å². The Hall–Kier alpha value is -2.36. The van der Waals surface area contributed by atoms with Gasteiger partial charge in [0.15, 0.2) is 5.82 Å². The molecule has 0 atom stereocenters. The second-order valence-corrected chi connectivity index (χ2v) is 6.85. The van der Waals surface area contributed by atoms with Crippen molar-refractivity contribution in [3.63, 3.8) is 0 Å². The SMILES string of the molecule is CCn1c(-c2ccc(C)cc2C)nn2c(C)cc(C(C)C)c2c1=O. The summed E-state index contributed by atoms with van der Waals surface area (Å²) in [6, 6.07) is 8.35. The molecule has 0 aliphatic carbocycles. The van der Waals surface area contributed by atoms with Crippen LogP contribution in [0.5, 0.6) is 0 Å². The Morgan fingerprint density at radius 1 is 1.12 bits per heavy atom. The number of aryl methyl sites for hydroxylation is 3. The Morgan fingerprint density at radius 2 is 1.83 bits per heavy atom. The van der Waals surface area contributed by atoms with Gasteiger partial charge < -0.3 is 0 Å². The van der Waals surface area contributed by atoms with E-state index < -0.39 is 0 Å². The van der Waals surface area contributed by atoms with Crippen molar-refractivity contribution >= 4 is 5.52 Å². The molecule has 0 aliphatic heterocycles. The summed E-state index contributed by atoms with van der Waals surface area (Å²) in [5, 5.41) is 4.85. The van der Waals surface area contributed by atoms with Gasteiger partial charge >= 0.3 is 0 Å². The summed E-state index contributed by atoms with van der Waals surface area (Å²) in [5.74, 6) is 1.03. The number of benzene rings is 1. The predicted octanol–water partition coefficient (Wildman–Crippen LogP) is 4.23. The molecule has 0 radical (unpaired) electrons. The highest BCUT2D eigenvalue weighted by Crippen LogP contribution is 2.25. The second-order valence-electron chi connectivity index (χ2n) is 6.85. The minimum Gasteiger partial charge on any atom is -0.290 e. The zero-order valence-corrected chi connectivity index (χ0v) is 15.3. The number of fused-ring (bicyclic) bond motifs is 1. The van der Waals surface area contributed by atoms with E-state index in [0.29, 0.717) is 18.0 Å². The first-order chi connectivity index (χ1) is 11.3. The normalized spacial score (nSPS) is 11.6. The van der Waals surface area contributed by atoms with Gasteiger partial charge in [0.05, 0.1) is 0 Å². The topological polar surface area (TPSA) is 39.3 Å². The van der Waals surface area contributed by atoms with Gasteiger partial charge in [-0.05, 0) is 50.8 Å². The third-order valence-corrected chi connectivity index (χ3v) is 4.64. The first kappa shape index (κ1) is 16.5. The van der Waals surface area contributed by atoms with Gasteiger partial charge in [0.2, 0.25) is 0 Å². The van der Waals surface area contributed by atoms with E-state index in [2.05, 4.69) is 52.0 Å². The van der Waals surface area contributed by atoms with Gasteiger partial charge in [-0.1, -0.05) is 37.6 Å². The van der Waals surface area contributed by atoms with Crippen LogP contribution in [0.15, 0.2) is 29.1 Å². The molecular weight excluding hydrogens is 298 g/mol. The number of hydrogen-bond donors (Lipinski definition) is 0. The molecule has 0 N–H and O–H groups in total. The highest BCUT2D eigenvalue weighted by atomic mass is 16.1. The standard InChI is InChI=1S/C20H25N3O/c1-7-22-19(16-9-8-13(4)10-14(16)5)21-23-15(6)11-17(12(2)3)18(23)20(22)24/h8-12H,7H2,1-6H3. The minimum atomic E-state index is 0.0410. The first-order valence-electron chi connectivity index (χ1n) is 8.55. The summed E-state index contributed by atoms with van der Waals surface area (Å²) in [6.07, 6.45) is 0. The van der Waals surface area contributed by atoms with Crippen LogP contribution in [0, 0.1) is 20.8 Å². The van der Waals surface area contributed by atoms with E-state index in [1.165, 1.54) is 5.56 Å². The smallest absolute Gasteiger partial charge is 0.278 e. The molecule has 0 saturated carbocycles. The van der Waals surface area contributed by atoms with Crippen LogP contribution in [-0.2, 0) is 6.54 Å². The summed E-state index contributed by atoms with van der Waals surface area (Å²) in [4.78, 5) is 13.2. The summed E-state index contributed by atoms with van der Waals surface area (Å²) in [7, 11) is 0. The van der Waals surface area contributed by atoms with E-state index in [-0.39, 0.29) is 5.56 Å². The van der Waals surface area contributed by atoms with Gasteiger partial charge in [0, 0.05) is 17.8 Å². The molecule has 3 rings (SSSR count). The van der Waals surface area contributed by atoms with Crippen molar-refractivity contribution in [1.29, 1.82) is 0 Å². The highest BCUT2D eigenvalue weighted by molar-refractivity contribution is 5.64. The quantitative estimate of drug-likeness (QED) is 0.723. The molecule has 2 heterocycles. The Kier molecular flexibility index (Phi) is 4.08. The first-order valence-corrected chi connectivity index (χ1v) is 8.55. The van der Waals surface area contributed by atoms with E-state index in [9.17, 15) is 4.79 Å². The van der Waals surface area contributed by atoms with Crippen molar-refractivity contribution in [1.82, 2.24) is 14.2 Å². The second kappa shape index (κ2) is 5.93. The summed E-state index contributed by atoms with van der Waals surface area (Å²) < 4.78 is 3.61. The van der Waals surface area contributed by atoms with Crippen molar-refractivity contribution < 1.29 is 0 Å². The zero-order valence-electron chi connectivity index (χ0n) is 15.3. The molecule has 3 aromatic rings. The fraction of sp³-hybridized carbons (Fsp3) is 0.400. The maximum atomic E-state index is 13.2. The summed E-state index contributed by atoms with van der Waals surface area (Å²) in [5.41, 5.74) is 6.18. The maximum absolute atomic E-state index is 13.2. The Balaban J connectivity index is 2.42. The summed E-state index contributed by atoms with van der Waals surface area (Å²) in [6.45, 7) is 13.0. The lowest BCUT2D eigenvalue weighted by molar-refractivity contribution is 0.686. The summed E-state index contributed by atoms with van der Waals surface area (Å²) >= 11 is 0. The molecular formula is C20H25N3O. The molecule has 4 heteroatoms. The van der Waals surface area contributed by atoms with Crippen LogP contribution in [0.25, 0.3) is 16.9 Å². The molecule has 0 unspecified atom stereocenters. The van der Waals surface area contributed by atoms with Crippen LogP contribution in [0.2, 0.25) is 0 Å². The average molecular weight is 323 g/mol.